The lowest BCUT2D eigenvalue weighted by molar-refractivity contribution is 0.444. The van der Waals surface area contributed by atoms with Gasteiger partial charge >= 0.3 is 0 Å². The van der Waals surface area contributed by atoms with Gasteiger partial charge in [0.15, 0.2) is 17.3 Å². The summed E-state index contributed by atoms with van der Waals surface area (Å²) in [5.41, 5.74) is 2.97. The molecule has 2 aromatic carbocycles. The molecule has 0 saturated heterocycles. The molecule has 5 heteroatoms. The van der Waals surface area contributed by atoms with Crippen molar-refractivity contribution in [1.82, 2.24) is 14.6 Å². The van der Waals surface area contributed by atoms with Crippen LogP contribution in [0.3, 0.4) is 0 Å². The Balaban J connectivity index is 1.58. The van der Waals surface area contributed by atoms with Gasteiger partial charge in [-0.15, -0.1) is 10.2 Å². The zero-order valence-corrected chi connectivity index (χ0v) is 14.9. The number of ether oxygens (including phenoxy) is 1. The minimum absolute atomic E-state index is 0.107. The van der Waals surface area contributed by atoms with E-state index >= 15 is 0 Å². The second kappa shape index (κ2) is 5.91. The van der Waals surface area contributed by atoms with Crippen LogP contribution in [0.1, 0.15) is 29.8 Å². The van der Waals surface area contributed by atoms with Crippen molar-refractivity contribution in [1.29, 1.82) is 0 Å². The largest absolute Gasteiger partial charge is 0.450 e. The predicted molar refractivity (Wildman–Crippen MR) is 101 cm³/mol. The second-order valence-electron chi connectivity index (χ2n) is 7.07. The van der Waals surface area contributed by atoms with E-state index in [1.807, 2.05) is 16.7 Å². The standard InChI is InChI=1S/C22H18FN3O/c1-15-8-10-16(11-9-15)22(12-13-22)21-25-24-20-19(7-4-14-26(20)21)27-18-6-3-2-5-17(18)23/h2-11,14H,12-13H2,1H3. The van der Waals surface area contributed by atoms with E-state index in [0.717, 1.165) is 18.7 Å². The summed E-state index contributed by atoms with van der Waals surface area (Å²) in [6.07, 6.45) is 4.01. The highest BCUT2D eigenvalue weighted by Crippen LogP contribution is 2.53. The van der Waals surface area contributed by atoms with E-state index in [-0.39, 0.29) is 11.2 Å². The minimum Gasteiger partial charge on any atom is -0.450 e. The van der Waals surface area contributed by atoms with E-state index in [2.05, 4.69) is 41.4 Å². The summed E-state index contributed by atoms with van der Waals surface area (Å²) >= 11 is 0. The van der Waals surface area contributed by atoms with Crippen LogP contribution in [-0.2, 0) is 5.41 Å². The third-order valence-corrected chi connectivity index (χ3v) is 5.24. The molecule has 2 heterocycles. The Bertz CT molecular complexity index is 1130. The maximum atomic E-state index is 14.0. The van der Waals surface area contributed by atoms with Gasteiger partial charge in [0, 0.05) is 6.20 Å². The summed E-state index contributed by atoms with van der Waals surface area (Å²) in [4.78, 5) is 0. The molecule has 0 radical (unpaired) electrons. The highest BCUT2D eigenvalue weighted by molar-refractivity contribution is 5.56. The first-order chi connectivity index (χ1) is 13.2. The van der Waals surface area contributed by atoms with Crippen LogP contribution in [0.25, 0.3) is 5.65 Å². The molecule has 1 aliphatic carbocycles. The summed E-state index contributed by atoms with van der Waals surface area (Å²) in [6, 6.07) is 18.6. The lowest BCUT2D eigenvalue weighted by Gasteiger charge is -2.14. The molecule has 1 saturated carbocycles. The third kappa shape index (κ3) is 2.58. The van der Waals surface area contributed by atoms with Crippen LogP contribution in [0, 0.1) is 12.7 Å². The topological polar surface area (TPSA) is 39.4 Å². The molecule has 0 N–H and O–H groups in total. The fourth-order valence-electron chi connectivity index (χ4n) is 3.58. The smallest absolute Gasteiger partial charge is 0.203 e. The first-order valence-electron chi connectivity index (χ1n) is 9.01. The Hall–Kier alpha value is -3.21. The van der Waals surface area contributed by atoms with Gasteiger partial charge in [0.05, 0.1) is 5.41 Å². The van der Waals surface area contributed by atoms with Crippen molar-refractivity contribution in [3.63, 3.8) is 0 Å². The fourth-order valence-corrected chi connectivity index (χ4v) is 3.58. The van der Waals surface area contributed by atoms with Gasteiger partial charge in [0.25, 0.3) is 0 Å². The molecule has 1 aliphatic rings. The molecule has 0 amide bonds. The van der Waals surface area contributed by atoms with Crippen molar-refractivity contribution in [3.05, 3.63) is 89.6 Å². The number of fused-ring (bicyclic) bond motifs is 1. The van der Waals surface area contributed by atoms with Gasteiger partial charge in [-0.05, 0) is 49.6 Å². The zero-order chi connectivity index (χ0) is 18.4. The second-order valence-corrected chi connectivity index (χ2v) is 7.07. The average Bonchev–Trinajstić information content (AvgIpc) is 3.36. The third-order valence-electron chi connectivity index (χ3n) is 5.24. The molecule has 27 heavy (non-hydrogen) atoms. The van der Waals surface area contributed by atoms with Crippen molar-refractivity contribution in [2.75, 3.05) is 0 Å². The maximum absolute atomic E-state index is 14.0. The molecular weight excluding hydrogens is 341 g/mol. The Labute approximate surface area is 156 Å². The SMILES string of the molecule is Cc1ccc(C2(c3nnc4c(Oc5ccccc5F)cccn34)CC2)cc1. The van der Waals surface area contributed by atoms with Crippen LogP contribution in [0.5, 0.6) is 11.5 Å². The molecule has 134 valence electrons. The van der Waals surface area contributed by atoms with E-state index in [4.69, 9.17) is 4.74 Å². The summed E-state index contributed by atoms with van der Waals surface area (Å²) < 4.78 is 21.7. The van der Waals surface area contributed by atoms with Crippen LogP contribution in [-0.4, -0.2) is 14.6 Å². The molecule has 0 atom stereocenters. The molecule has 0 unspecified atom stereocenters. The van der Waals surface area contributed by atoms with E-state index in [1.165, 1.54) is 17.2 Å². The van der Waals surface area contributed by atoms with Crippen molar-refractivity contribution in [2.45, 2.75) is 25.2 Å². The highest BCUT2D eigenvalue weighted by atomic mass is 19.1. The average molecular weight is 359 g/mol. The van der Waals surface area contributed by atoms with Crippen molar-refractivity contribution >= 4 is 5.65 Å². The number of para-hydroxylation sites is 1. The number of hydrogen-bond donors (Lipinski definition) is 0. The summed E-state index contributed by atoms with van der Waals surface area (Å²) in [6.45, 7) is 2.09. The van der Waals surface area contributed by atoms with Crippen molar-refractivity contribution in [3.8, 4) is 11.5 Å². The molecule has 5 rings (SSSR count). The predicted octanol–water partition coefficient (Wildman–Crippen LogP) is 5.05. The lowest BCUT2D eigenvalue weighted by Crippen LogP contribution is -2.13. The summed E-state index contributed by atoms with van der Waals surface area (Å²) in [5, 5.41) is 8.85. The van der Waals surface area contributed by atoms with E-state index in [0.29, 0.717) is 11.4 Å². The molecule has 0 aliphatic heterocycles. The number of pyridine rings is 1. The Morgan fingerprint density at radius 1 is 0.926 bits per heavy atom. The maximum Gasteiger partial charge on any atom is 0.203 e. The van der Waals surface area contributed by atoms with Gasteiger partial charge in [-0.1, -0.05) is 42.0 Å². The summed E-state index contributed by atoms with van der Waals surface area (Å²) in [5.74, 6) is 1.16. The molecule has 0 spiro atoms. The van der Waals surface area contributed by atoms with Gasteiger partial charge in [0.1, 0.15) is 5.82 Å². The number of aromatic nitrogens is 3. The Morgan fingerprint density at radius 3 is 2.41 bits per heavy atom. The molecule has 4 nitrogen and oxygen atoms in total. The number of rotatable bonds is 4. The van der Waals surface area contributed by atoms with Crippen LogP contribution < -0.4 is 4.74 Å². The van der Waals surface area contributed by atoms with Gasteiger partial charge in [-0.2, -0.15) is 0 Å². The minimum atomic E-state index is -0.405. The number of hydrogen-bond acceptors (Lipinski definition) is 3. The monoisotopic (exact) mass is 359 g/mol. The number of aryl methyl sites for hydroxylation is 1. The Morgan fingerprint density at radius 2 is 1.67 bits per heavy atom. The van der Waals surface area contributed by atoms with Gasteiger partial charge < -0.3 is 4.74 Å². The van der Waals surface area contributed by atoms with Crippen molar-refractivity contribution < 1.29 is 9.13 Å². The molecular formula is C22H18FN3O. The van der Waals surface area contributed by atoms with E-state index in [1.54, 1.807) is 24.3 Å². The number of benzene rings is 2. The van der Waals surface area contributed by atoms with Gasteiger partial charge in [-0.3, -0.25) is 4.40 Å². The molecule has 4 aromatic rings. The fraction of sp³-hybridized carbons (Fsp3) is 0.182. The van der Waals surface area contributed by atoms with Crippen LogP contribution in [0.15, 0.2) is 66.9 Å². The zero-order valence-electron chi connectivity index (χ0n) is 14.9. The molecule has 0 bridgehead atoms. The number of nitrogens with zero attached hydrogens (tertiary/aromatic N) is 3. The molecule has 2 aromatic heterocycles. The summed E-state index contributed by atoms with van der Waals surface area (Å²) in [7, 11) is 0. The first-order valence-corrected chi connectivity index (χ1v) is 9.01. The quantitative estimate of drug-likeness (QED) is 0.512. The normalized spacial score (nSPS) is 15.0. The van der Waals surface area contributed by atoms with Crippen LogP contribution in [0.4, 0.5) is 4.39 Å². The van der Waals surface area contributed by atoms with Crippen LogP contribution >= 0.6 is 0 Å². The van der Waals surface area contributed by atoms with E-state index in [9.17, 15) is 4.39 Å². The number of halogens is 1. The van der Waals surface area contributed by atoms with Crippen molar-refractivity contribution in [2.24, 2.45) is 0 Å². The molecule has 1 fully saturated rings. The highest BCUT2D eigenvalue weighted by Gasteiger charge is 2.49. The van der Waals surface area contributed by atoms with Crippen LogP contribution in [0.2, 0.25) is 0 Å². The Kier molecular flexibility index (Phi) is 3.50. The van der Waals surface area contributed by atoms with Gasteiger partial charge in [-0.25, -0.2) is 4.39 Å². The van der Waals surface area contributed by atoms with E-state index < -0.39 is 5.82 Å². The first kappa shape index (κ1) is 16.0. The van der Waals surface area contributed by atoms with Gasteiger partial charge in [0.2, 0.25) is 5.65 Å². The lowest BCUT2D eigenvalue weighted by atomic mass is 9.94.